The standard InChI is InChI=1S/C24H30O5/c1-6-8-10-12-17(25)14-19-16(3)21(27)24(5)20(23(19,4)22(28)29-24)15-18(26)13-11-9-7-2/h6-10,12,20H,11,13-15H2,1-5H3/b8-6+,9-7+,12-10+/t20-,23+,24+/m1/s1. The third-order valence-corrected chi connectivity index (χ3v) is 6.16. The predicted octanol–water partition coefficient (Wildman–Crippen LogP) is 4.23. The summed E-state index contributed by atoms with van der Waals surface area (Å²) in [5, 5.41) is 0. The molecule has 156 valence electrons. The van der Waals surface area contributed by atoms with E-state index in [1.165, 1.54) is 6.08 Å². The van der Waals surface area contributed by atoms with Crippen LogP contribution in [0.1, 0.15) is 60.3 Å². The molecule has 0 aromatic heterocycles. The Bertz CT molecular complexity index is 841. The summed E-state index contributed by atoms with van der Waals surface area (Å²) in [4.78, 5) is 51.0. The van der Waals surface area contributed by atoms with Crippen molar-refractivity contribution in [1.29, 1.82) is 0 Å². The second-order valence-corrected chi connectivity index (χ2v) is 8.06. The van der Waals surface area contributed by atoms with Crippen LogP contribution in [0.25, 0.3) is 0 Å². The Balaban J connectivity index is 2.40. The first-order valence-corrected chi connectivity index (χ1v) is 10.1. The second kappa shape index (κ2) is 8.85. The quantitative estimate of drug-likeness (QED) is 0.251. The lowest BCUT2D eigenvalue weighted by Gasteiger charge is -2.40. The van der Waals surface area contributed by atoms with Gasteiger partial charge in [0.1, 0.15) is 5.78 Å². The van der Waals surface area contributed by atoms with Crippen LogP contribution < -0.4 is 0 Å². The van der Waals surface area contributed by atoms with Crippen LogP contribution in [0.5, 0.6) is 0 Å². The van der Waals surface area contributed by atoms with E-state index in [0.29, 0.717) is 24.0 Å². The van der Waals surface area contributed by atoms with Gasteiger partial charge in [-0.2, -0.15) is 0 Å². The third-order valence-electron chi connectivity index (χ3n) is 6.16. The van der Waals surface area contributed by atoms with Gasteiger partial charge in [0.15, 0.2) is 11.4 Å². The van der Waals surface area contributed by atoms with Crippen LogP contribution in [0.15, 0.2) is 47.6 Å². The van der Waals surface area contributed by atoms with Gasteiger partial charge in [0.25, 0.3) is 0 Å². The monoisotopic (exact) mass is 398 g/mol. The van der Waals surface area contributed by atoms with E-state index in [4.69, 9.17) is 4.74 Å². The Morgan fingerprint density at radius 1 is 1.10 bits per heavy atom. The SMILES string of the molecule is C/C=C/C=C/C(=O)CC1=C(C)C(=O)[C@@]2(C)OC(=O)[C@]1(C)[C@H]2CC(=O)CC/C=C/C. The van der Waals surface area contributed by atoms with Gasteiger partial charge in [0.2, 0.25) is 5.78 Å². The number of fused-ring (bicyclic) bond motifs is 2. The van der Waals surface area contributed by atoms with E-state index in [2.05, 4.69) is 0 Å². The molecular weight excluding hydrogens is 368 g/mol. The van der Waals surface area contributed by atoms with Crippen LogP contribution >= 0.6 is 0 Å². The van der Waals surface area contributed by atoms with Crippen LogP contribution in [-0.2, 0) is 23.9 Å². The van der Waals surface area contributed by atoms with Crippen molar-refractivity contribution >= 4 is 23.3 Å². The van der Waals surface area contributed by atoms with Crippen molar-refractivity contribution in [3.05, 3.63) is 47.6 Å². The molecule has 2 rings (SSSR count). The Morgan fingerprint density at radius 2 is 1.79 bits per heavy atom. The zero-order valence-corrected chi connectivity index (χ0v) is 17.9. The molecule has 0 saturated carbocycles. The number of allylic oxidation sites excluding steroid dienone is 6. The van der Waals surface area contributed by atoms with E-state index in [-0.39, 0.29) is 30.2 Å². The first-order chi connectivity index (χ1) is 13.6. The molecule has 0 aromatic rings. The number of carbonyl (C=O) groups is 4. The second-order valence-electron chi connectivity index (χ2n) is 8.06. The fourth-order valence-electron chi connectivity index (χ4n) is 4.46. The lowest BCUT2D eigenvalue weighted by Crippen LogP contribution is -2.50. The number of rotatable bonds is 9. The highest BCUT2D eigenvalue weighted by molar-refractivity contribution is 6.11. The largest absolute Gasteiger partial charge is 0.450 e. The maximum Gasteiger partial charge on any atom is 0.317 e. The summed E-state index contributed by atoms with van der Waals surface area (Å²) in [7, 11) is 0. The van der Waals surface area contributed by atoms with Gasteiger partial charge in [-0.25, -0.2) is 0 Å². The summed E-state index contributed by atoms with van der Waals surface area (Å²) in [6.07, 6.45) is 11.4. The van der Waals surface area contributed by atoms with Crippen molar-refractivity contribution in [2.45, 2.75) is 65.9 Å². The number of carbonyl (C=O) groups excluding carboxylic acids is 4. The van der Waals surface area contributed by atoms with Gasteiger partial charge >= 0.3 is 5.97 Å². The lowest BCUT2D eigenvalue weighted by atomic mass is 9.58. The summed E-state index contributed by atoms with van der Waals surface area (Å²) >= 11 is 0. The summed E-state index contributed by atoms with van der Waals surface area (Å²) in [6.45, 7) is 8.68. The first-order valence-electron chi connectivity index (χ1n) is 10.1. The molecule has 0 unspecified atom stereocenters. The normalized spacial score (nSPS) is 29.5. The minimum Gasteiger partial charge on any atom is -0.450 e. The number of Topliss-reactive ketones (excluding diaryl/α,β-unsaturated/α-hetero) is 2. The van der Waals surface area contributed by atoms with Crippen molar-refractivity contribution in [2.24, 2.45) is 11.3 Å². The van der Waals surface area contributed by atoms with Gasteiger partial charge in [0.05, 0.1) is 5.41 Å². The number of ketones is 3. The van der Waals surface area contributed by atoms with Crippen molar-refractivity contribution in [3.63, 3.8) is 0 Å². The van der Waals surface area contributed by atoms with Crippen LogP contribution in [0.2, 0.25) is 0 Å². The molecule has 0 aromatic carbocycles. The highest BCUT2D eigenvalue weighted by atomic mass is 16.6. The molecule has 1 saturated heterocycles. The molecule has 2 aliphatic rings. The molecular formula is C24H30O5. The number of ether oxygens (including phenoxy) is 1. The van der Waals surface area contributed by atoms with E-state index in [9.17, 15) is 19.2 Å². The Morgan fingerprint density at radius 3 is 2.41 bits per heavy atom. The zero-order valence-electron chi connectivity index (χ0n) is 17.9. The van der Waals surface area contributed by atoms with E-state index in [1.54, 1.807) is 39.0 Å². The minimum absolute atomic E-state index is 0.0186. The van der Waals surface area contributed by atoms with E-state index in [1.807, 2.05) is 26.0 Å². The van der Waals surface area contributed by atoms with Crippen molar-refractivity contribution in [3.8, 4) is 0 Å². The van der Waals surface area contributed by atoms with Crippen molar-refractivity contribution in [1.82, 2.24) is 0 Å². The molecule has 29 heavy (non-hydrogen) atoms. The number of hydrogen-bond donors (Lipinski definition) is 0. The van der Waals surface area contributed by atoms with Gasteiger partial charge in [-0.05, 0) is 58.3 Å². The molecule has 1 heterocycles. The molecule has 2 bridgehead atoms. The van der Waals surface area contributed by atoms with Gasteiger partial charge in [0, 0.05) is 25.2 Å². The van der Waals surface area contributed by atoms with Crippen LogP contribution in [0.4, 0.5) is 0 Å². The fraction of sp³-hybridized carbons (Fsp3) is 0.500. The third kappa shape index (κ3) is 4.09. The van der Waals surface area contributed by atoms with Crippen LogP contribution in [0.3, 0.4) is 0 Å². The van der Waals surface area contributed by atoms with E-state index >= 15 is 0 Å². The van der Waals surface area contributed by atoms with Crippen LogP contribution in [0, 0.1) is 11.3 Å². The molecule has 1 aliphatic carbocycles. The molecule has 0 amide bonds. The Labute approximate surface area is 172 Å². The summed E-state index contributed by atoms with van der Waals surface area (Å²) < 4.78 is 5.57. The highest BCUT2D eigenvalue weighted by Gasteiger charge is 2.68. The minimum atomic E-state index is -1.36. The maximum absolute atomic E-state index is 13.1. The molecule has 1 aliphatic heterocycles. The average Bonchev–Trinajstić information content (AvgIpc) is 2.84. The smallest absolute Gasteiger partial charge is 0.317 e. The van der Waals surface area contributed by atoms with E-state index in [0.717, 1.165) is 0 Å². The molecule has 3 atom stereocenters. The molecule has 5 nitrogen and oxygen atoms in total. The fourth-order valence-corrected chi connectivity index (χ4v) is 4.46. The van der Waals surface area contributed by atoms with Gasteiger partial charge < -0.3 is 4.74 Å². The summed E-state index contributed by atoms with van der Waals surface area (Å²) in [5.41, 5.74) is -1.65. The lowest BCUT2D eigenvalue weighted by molar-refractivity contribution is -0.156. The van der Waals surface area contributed by atoms with Gasteiger partial charge in [-0.15, -0.1) is 0 Å². The molecule has 0 spiro atoms. The summed E-state index contributed by atoms with van der Waals surface area (Å²) in [6, 6.07) is 0. The first kappa shape index (κ1) is 22.7. The zero-order chi connectivity index (χ0) is 21.8. The van der Waals surface area contributed by atoms with Crippen molar-refractivity contribution in [2.75, 3.05) is 0 Å². The molecule has 5 heteroatoms. The predicted molar refractivity (Wildman–Crippen MR) is 111 cm³/mol. The topological polar surface area (TPSA) is 77.5 Å². The average molecular weight is 398 g/mol. The summed E-state index contributed by atoms with van der Waals surface area (Å²) in [5.74, 6) is -1.68. The van der Waals surface area contributed by atoms with Crippen molar-refractivity contribution < 1.29 is 23.9 Å². The maximum atomic E-state index is 13.1. The highest BCUT2D eigenvalue weighted by Crippen LogP contribution is 2.58. The van der Waals surface area contributed by atoms with E-state index < -0.39 is 22.9 Å². The number of esters is 1. The Kier molecular flexibility index (Phi) is 6.93. The molecule has 0 radical (unpaired) electrons. The van der Waals surface area contributed by atoms with Gasteiger partial charge in [-0.3, -0.25) is 19.2 Å². The molecule has 0 N–H and O–H groups in total. The molecule has 1 fully saturated rings. The Hall–Kier alpha value is -2.56. The van der Waals surface area contributed by atoms with Gasteiger partial charge in [-0.1, -0.05) is 30.4 Å². The van der Waals surface area contributed by atoms with Crippen LogP contribution in [-0.4, -0.2) is 28.9 Å². The number of hydrogen-bond acceptors (Lipinski definition) is 5.